The van der Waals surface area contributed by atoms with Gasteiger partial charge < -0.3 is 10.6 Å². The highest BCUT2D eigenvalue weighted by Gasteiger charge is 2.25. The van der Waals surface area contributed by atoms with Crippen LogP contribution in [0, 0.1) is 0 Å². The van der Waals surface area contributed by atoms with Crippen molar-refractivity contribution in [2.75, 3.05) is 0 Å². The van der Waals surface area contributed by atoms with Crippen molar-refractivity contribution in [3.8, 4) is 0 Å². The van der Waals surface area contributed by atoms with Crippen molar-refractivity contribution >= 4 is 0 Å². The highest BCUT2D eigenvalue weighted by atomic mass is 15.0. The quantitative estimate of drug-likeness (QED) is 0.650. The van der Waals surface area contributed by atoms with Crippen molar-refractivity contribution in [2.45, 2.75) is 71.1 Å². The lowest BCUT2D eigenvalue weighted by atomic mass is 9.93. The molecule has 1 aliphatic heterocycles. The Bertz CT molecular complexity index is 150. The summed E-state index contributed by atoms with van der Waals surface area (Å²) in [5, 5.41) is 7.23. The Morgan fingerprint density at radius 1 is 1.08 bits per heavy atom. The maximum atomic E-state index is 3.68. The standard InChI is InChI=1S/C11H24N2/c1-8-6-10(7-9(2)12-8)13-11(3,4)5/h8-10,12-13H,6-7H2,1-5H3. The molecule has 2 nitrogen and oxygen atoms in total. The summed E-state index contributed by atoms with van der Waals surface area (Å²) < 4.78 is 0. The van der Waals surface area contributed by atoms with Crippen molar-refractivity contribution in [3.63, 3.8) is 0 Å². The zero-order valence-corrected chi connectivity index (χ0v) is 9.65. The molecule has 0 aliphatic carbocycles. The molecule has 0 aromatic carbocycles. The molecule has 0 bridgehead atoms. The molecule has 1 aliphatic rings. The molecular formula is C11H24N2. The van der Waals surface area contributed by atoms with Gasteiger partial charge in [-0.1, -0.05) is 0 Å². The Morgan fingerprint density at radius 3 is 1.92 bits per heavy atom. The molecule has 0 amide bonds. The highest BCUT2D eigenvalue weighted by Crippen LogP contribution is 2.16. The molecule has 78 valence electrons. The average Bonchev–Trinajstić information content (AvgIpc) is 1.78. The first-order valence-corrected chi connectivity index (χ1v) is 5.40. The molecule has 1 saturated heterocycles. The third-order valence-electron chi connectivity index (χ3n) is 2.48. The van der Waals surface area contributed by atoms with Crippen molar-refractivity contribution in [1.29, 1.82) is 0 Å². The Kier molecular flexibility index (Phi) is 3.36. The molecule has 2 N–H and O–H groups in total. The van der Waals surface area contributed by atoms with Crippen LogP contribution in [0.3, 0.4) is 0 Å². The first-order chi connectivity index (χ1) is 5.87. The molecule has 0 spiro atoms. The van der Waals surface area contributed by atoms with Crippen molar-refractivity contribution < 1.29 is 0 Å². The lowest BCUT2D eigenvalue weighted by molar-refractivity contribution is 0.241. The fraction of sp³-hybridized carbons (Fsp3) is 1.00. The Morgan fingerprint density at radius 2 is 1.54 bits per heavy atom. The van der Waals surface area contributed by atoms with Crippen molar-refractivity contribution in [1.82, 2.24) is 10.6 Å². The van der Waals surface area contributed by atoms with Crippen LogP contribution in [0.1, 0.15) is 47.5 Å². The van der Waals surface area contributed by atoms with Crippen LogP contribution in [0.5, 0.6) is 0 Å². The van der Waals surface area contributed by atoms with Gasteiger partial charge in [-0.05, 0) is 47.5 Å². The summed E-state index contributed by atoms with van der Waals surface area (Å²) in [4.78, 5) is 0. The third-order valence-corrected chi connectivity index (χ3v) is 2.48. The summed E-state index contributed by atoms with van der Waals surface area (Å²) in [5.41, 5.74) is 0.251. The van der Waals surface area contributed by atoms with Gasteiger partial charge in [-0.2, -0.15) is 0 Å². The van der Waals surface area contributed by atoms with E-state index in [2.05, 4.69) is 45.3 Å². The van der Waals surface area contributed by atoms with Gasteiger partial charge in [0, 0.05) is 23.7 Å². The van der Waals surface area contributed by atoms with Crippen LogP contribution in [-0.2, 0) is 0 Å². The number of hydrogen-bond acceptors (Lipinski definition) is 2. The maximum absolute atomic E-state index is 3.68. The molecule has 2 heteroatoms. The monoisotopic (exact) mass is 184 g/mol. The van der Waals surface area contributed by atoms with Gasteiger partial charge in [-0.15, -0.1) is 0 Å². The van der Waals surface area contributed by atoms with E-state index in [4.69, 9.17) is 0 Å². The van der Waals surface area contributed by atoms with E-state index in [0.717, 1.165) is 0 Å². The smallest absolute Gasteiger partial charge is 0.0101 e. The Hall–Kier alpha value is -0.0800. The Labute approximate surface area is 82.5 Å². The van der Waals surface area contributed by atoms with E-state index in [1.54, 1.807) is 0 Å². The van der Waals surface area contributed by atoms with Crippen LogP contribution in [0.2, 0.25) is 0 Å². The summed E-state index contributed by atoms with van der Waals surface area (Å²) in [6.45, 7) is 11.3. The molecular weight excluding hydrogens is 160 g/mol. The normalized spacial score (nSPS) is 36.2. The molecule has 1 heterocycles. The summed E-state index contributed by atoms with van der Waals surface area (Å²) in [6, 6.07) is 2.00. The second-order valence-corrected chi connectivity index (χ2v) is 5.53. The van der Waals surface area contributed by atoms with Gasteiger partial charge in [0.15, 0.2) is 0 Å². The lowest BCUT2D eigenvalue weighted by Gasteiger charge is -2.37. The van der Waals surface area contributed by atoms with Gasteiger partial charge in [-0.25, -0.2) is 0 Å². The SMILES string of the molecule is CC1CC(NC(C)(C)C)CC(C)N1. The van der Waals surface area contributed by atoms with Gasteiger partial charge in [0.2, 0.25) is 0 Å². The molecule has 2 atom stereocenters. The topological polar surface area (TPSA) is 24.1 Å². The predicted molar refractivity (Wildman–Crippen MR) is 58.0 cm³/mol. The van der Waals surface area contributed by atoms with Crippen molar-refractivity contribution in [3.05, 3.63) is 0 Å². The predicted octanol–water partition coefficient (Wildman–Crippen LogP) is 1.90. The van der Waals surface area contributed by atoms with Crippen molar-refractivity contribution in [2.24, 2.45) is 0 Å². The van der Waals surface area contributed by atoms with Gasteiger partial charge in [0.25, 0.3) is 0 Å². The maximum Gasteiger partial charge on any atom is 0.0101 e. The summed E-state index contributed by atoms with van der Waals surface area (Å²) in [5.74, 6) is 0. The molecule has 1 fully saturated rings. The second kappa shape index (κ2) is 3.97. The summed E-state index contributed by atoms with van der Waals surface area (Å²) in [7, 11) is 0. The van der Waals surface area contributed by atoms with Crippen LogP contribution < -0.4 is 10.6 Å². The molecule has 0 aromatic rings. The third kappa shape index (κ3) is 4.10. The van der Waals surface area contributed by atoms with E-state index in [1.807, 2.05) is 0 Å². The van der Waals surface area contributed by atoms with E-state index in [0.29, 0.717) is 18.1 Å². The number of hydrogen-bond donors (Lipinski definition) is 2. The number of nitrogens with one attached hydrogen (secondary N) is 2. The fourth-order valence-electron chi connectivity index (χ4n) is 2.30. The summed E-state index contributed by atoms with van der Waals surface area (Å²) >= 11 is 0. The van der Waals surface area contributed by atoms with E-state index >= 15 is 0 Å². The van der Waals surface area contributed by atoms with E-state index in [9.17, 15) is 0 Å². The minimum atomic E-state index is 0.251. The van der Waals surface area contributed by atoms with Crippen LogP contribution >= 0.6 is 0 Å². The highest BCUT2D eigenvalue weighted by molar-refractivity contribution is 4.88. The fourth-order valence-corrected chi connectivity index (χ4v) is 2.30. The Balaban J connectivity index is 2.42. The minimum absolute atomic E-state index is 0.251. The molecule has 1 rings (SSSR count). The van der Waals surface area contributed by atoms with Gasteiger partial charge in [0.1, 0.15) is 0 Å². The largest absolute Gasteiger partial charge is 0.312 e. The lowest BCUT2D eigenvalue weighted by Crippen LogP contribution is -2.53. The van der Waals surface area contributed by atoms with Gasteiger partial charge >= 0.3 is 0 Å². The second-order valence-electron chi connectivity index (χ2n) is 5.53. The first kappa shape index (κ1) is 11.0. The number of rotatable bonds is 1. The van der Waals surface area contributed by atoms with Crippen LogP contribution in [0.25, 0.3) is 0 Å². The average molecular weight is 184 g/mol. The van der Waals surface area contributed by atoms with Gasteiger partial charge in [-0.3, -0.25) is 0 Å². The summed E-state index contributed by atoms with van der Waals surface area (Å²) in [6.07, 6.45) is 2.50. The number of piperidine rings is 1. The minimum Gasteiger partial charge on any atom is -0.312 e. The first-order valence-electron chi connectivity index (χ1n) is 5.40. The van der Waals surface area contributed by atoms with Gasteiger partial charge in [0.05, 0.1) is 0 Å². The van der Waals surface area contributed by atoms with E-state index < -0.39 is 0 Å². The molecule has 0 aromatic heterocycles. The van der Waals surface area contributed by atoms with E-state index in [1.165, 1.54) is 12.8 Å². The zero-order valence-electron chi connectivity index (χ0n) is 9.65. The molecule has 0 radical (unpaired) electrons. The molecule has 0 saturated carbocycles. The molecule has 2 unspecified atom stereocenters. The molecule has 13 heavy (non-hydrogen) atoms. The zero-order chi connectivity index (χ0) is 10.1. The van der Waals surface area contributed by atoms with Crippen LogP contribution in [-0.4, -0.2) is 23.7 Å². The van der Waals surface area contributed by atoms with Crippen LogP contribution in [0.15, 0.2) is 0 Å². The van der Waals surface area contributed by atoms with Crippen LogP contribution in [0.4, 0.5) is 0 Å². The van der Waals surface area contributed by atoms with E-state index in [-0.39, 0.29) is 5.54 Å².